The van der Waals surface area contributed by atoms with Crippen molar-refractivity contribution >= 4 is 17.7 Å². The quantitative estimate of drug-likeness (QED) is 0.865. The lowest BCUT2D eigenvalue weighted by Crippen LogP contribution is -2.45. The van der Waals surface area contributed by atoms with Gasteiger partial charge in [-0.3, -0.25) is 4.79 Å². The molecule has 0 saturated carbocycles. The Bertz CT molecular complexity index is 449. The summed E-state index contributed by atoms with van der Waals surface area (Å²) in [4.78, 5) is 15.0. The average molecular weight is 295 g/mol. The summed E-state index contributed by atoms with van der Waals surface area (Å²) >= 11 is 1.53. The molecule has 1 N–H and O–H groups in total. The van der Waals surface area contributed by atoms with Crippen LogP contribution in [0.1, 0.15) is 19.8 Å². The van der Waals surface area contributed by atoms with Crippen LogP contribution >= 0.6 is 11.8 Å². The molecular formula is C15H21NO3S. The molecule has 0 unspecified atom stereocenters. The Morgan fingerprint density at radius 3 is 2.50 bits per heavy atom. The molecule has 5 heteroatoms. The molecule has 1 saturated heterocycles. The van der Waals surface area contributed by atoms with Gasteiger partial charge in [0.05, 0.1) is 18.5 Å². The zero-order chi connectivity index (χ0) is 14.6. The monoisotopic (exact) mass is 295 g/mol. The van der Waals surface area contributed by atoms with Gasteiger partial charge in [-0.1, -0.05) is 0 Å². The number of hydrogen-bond donors (Lipinski definition) is 1. The lowest BCUT2D eigenvalue weighted by molar-refractivity contribution is -0.132. The summed E-state index contributed by atoms with van der Waals surface area (Å²) in [6.45, 7) is 3.13. The number of piperidine rings is 1. The molecule has 1 aliphatic heterocycles. The van der Waals surface area contributed by atoms with Crippen LogP contribution in [0.4, 0.5) is 0 Å². The lowest BCUT2D eigenvalue weighted by Gasteiger charge is -2.35. The lowest BCUT2D eigenvalue weighted by atomic mass is 9.94. The molecule has 110 valence electrons. The third-order valence-corrected chi connectivity index (χ3v) is 4.61. The van der Waals surface area contributed by atoms with Gasteiger partial charge < -0.3 is 14.7 Å². The summed E-state index contributed by atoms with van der Waals surface area (Å²) < 4.78 is 5.10. The number of rotatable bonds is 4. The first-order valence-corrected chi connectivity index (χ1v) is 7.76. The van der Waals surface area contributed by atoms with Gasteiger partial charge >= 0.3 is 0 Å². The molecule has 0 radical (unpaired) electrons. The first kappa shape index (κ1) is 15.2. The van der Waals surface area contributed by atoms with Crippen LogP contribution in [0.3, 0.4) is 0 Å². The Balaban J connectivity index is 1.80. The Kier molecular flexibility index (Phi) is 4.94. The van der Waals surface area contributed by atoms with E-state index in [1.54, 1.807) is 7.11 Å². The largest absolute Gasteiger partial charge is 0.497 e. The number of hydrogen-bond acceptors (Lipinski definition) is 4. The van der Waals surface area contributed by atoms with E-state index in [1.165, 1.54) is 11.8 Å². The van der Waals surface area contributed by atoms with Crippen LogP contribution in [0.15, 0.2) is 29.2 Å². The first-order valence-electron chi connectivity index (χ1n) is 6.77. The molecule has 1 aromatic rings. The number of likely N-dealkylation sites (tertiary alicyclic amines) is 1. The number of carbonyl (C=O) groups is 1. The highest BCUT2D eigenvalue weighted by Crippen LogP contribution is 2.24. The Hall–Kier alpha value is -1.20. The maximum absolute atomic E-state index is 12.1. The summed E-state index contributed by atoms with van der Waals surface area (Å²) in [5, 5.41) is 9.88. The fourth-order valence-electron chi connectivity index (χ4n) is 2.15. The molecule has 0 aliphatic carbocycles. The SMILES string of the molecule is COc1ccc(SCC(=O)N2CCC(C)(O)CC2)cc1. The van der Waals surface area contributed by atoms with Gasteiger partial charge in [0.1, 0.15) is 5.75 Å². The van der Waals surface area contributed by atoms with E-state index in [-0.39, 0.29) is 5.91 Å². The van der Waals surface area contributed by atoms with Crippen LogP contribution in [0.25, 0.3) is 0 Å². The van der Waals surface area contributed by atoms with E-state index in [9.17, 15) is 9.90 Å². The molecule has 0 spiro atoms. The smallest absolute Gasteiger partial charge is 0.232 e. The second-order valence-electron chi connectivity index (χ2n) is 5.34. The molecule has 0 aromatic heterocycles. The zero-order valence-electron chi connectivity index (χ0n) is 12.0. The summed E-state index contributed by atoms with van der Waals surface area (Å²) in [6, 6.07) is 7.70. The maximum atomic E-state index is 12.1. The van der Waals surface area contributed by atoms with Crippen LogP contribution in [-0.4, -0.2) is 47.5 Å². The molecule has 1 heterocycles. The van der Waals surface area contributed by atoms with Crippen LogP contribution in [-0.2, 0) is 4.79 Å². The van der Waals surface area contributed by atoms with Crippen LogP contribution in [0.5, 0.6) is 5.75 Å². The second kappa shape index (κ2) is 6.50. The van der Waals surface area contributed by atoms with E-state index in [2.05, 4.69) is 0 Å². The van der Waals surface area contributed by atoms with Crippen molar-refractivity contribution in [3.05, 3.63) is 24.3 Å². The fourth-order valence-corrected chi connectivity index (χ4v) is 2.95. The van der Waals surface area contributed by atoms with E-state index in [1.807, 2.05) is 36.1 Å². The van der Waals surface area contributed by atoms with Crippen molar-refractivity contribution in [1.82, 2.24) is 4.90 Å². The van der Waals surface area contributed by atoms with E-state index in [0.29, 0.717) is 31.7 Å². The van der Waals surface area contributed by atoms with Gasteiger partial charge in [-0.15, -0.1) is 11.8 Å². The Morgan fingerprint density at radius 2 is 1.95 bits per heavy atom. The standard InChI is InChI=1S/C15H21NO3S/c1-15(18)7-9-16(10-8-15)14(17)11-20-13-5-3-12(19-2)4-6-13/h3-6,18H,7-11H2,1-2H3. The van der Waals surface area contributed by atoms with E-state index < -0.39 is 5.60 Å². The predicted octanol–water partition coefficient (Wildman–Crippen LogP) is 2.16. The van der Waals surface area contributed by atoms with Gasteiger partial charge in [-0.2, -0.15) is 0 Å². The summed E-state index contributed by atoms with van der Waals surface area (Å²) in [7, 11) is 1.64. The molecule has 1 fully saturated rings. The molecule has 1 aliphatic rings. The minimum Gasteiger partial charge on any atom is -0.497 e. The molecular weight excluding hydrogens is 274 g/mol. The second-order valence-corrected chi connectivity index (χ2v) is 6.39. The summed E-state index contributed by atoms with van der Waals surface area (Å²) in [6.07, 6.45) is 1.32. The van der Waals surface area contributed by atoms with Gasteiger partial charge in [-0.05, 0) is 44.0 Å². The third kappa shape index (κ3) is 4.15. The van der Waals surface area contributed by atoms with Crippen LogP contribution < -0.4 is 4.74 Å². The minimum atomic E-state index is -0.611. The average Bonchev–Trinajstić information content (AvgIpc) is 2.45. The summed E-state index contributed by atoms with van der Waals surface area (Å²) in [5.41, 5.74) is -0.611. The van der Waals surface area contributed by atoms with E-state index >= 15 is 0 Å². The number of benzene rings is 1. The van der Waals surface area contributed by atoms with Crippen LogP contribution in [0, 0.1) is 0 Å². The number of methoxy groups -OCH3 is 1. The van der Waals surface area contributed by atoms with Crippen molar-refractivity contribution in [1.29, 1.82) is 0 Å². The van der Waals surface area contributed by atoms with Crippen molar-refractivity contribution in [2.24, 2.45) is 0 Å². The van der Waals surface area contributed by atoms with E-state index in [4.69, 9.17) is 4.74 Å². The number of nitrogens with zero attached hydrogens (tertiary/aromatic N) is 1. The predicted molar refractivity (Wildman–Crippen MR) is 80.2 cm³/mol. The molecule has 1 amide bonds. The Labute approximate surface area is 124 Å². The fraction of sp³-hybridized carbons (Fsp3) is 0.533. The van der Waals surface area contributed by atoms with Crippen molar-refractivity contribution < 1.29 is 14.6 Å². The summed E-state index contributed by atoms with van der Waals surface area (Å²) in [5.74, 6) is 1.40. The highest BCUT2D eigenvalue weighted by Gasteiger charge is 2.29. The zero-order valence-corrected chi connectivity index (χ0v) is 12.8. The highest BCUT2D eigenvalue weighted by atomic mass is 32.2. The number of thioether (sulfide) groups is 1. The van der Waals surface area contributed by atoms with Gasteiger partial charge in [0, 0.05) is 18.0 Å². The molecule has 1 aromatic carbocycles. The molecule has 20 heavy (non-hydrogen) atoms. The minimum absolute atomic E-state index is 0.140. The van der Waals surface area contributed by atoms with Gasteiger partial charge in [0.25, 0.3) is 0 Å². The number of aliphatic hydroxyl groups is 1. The normalized spacial score (nSPS) is 17.9. The van der Waals surface area contributed by atoms with Crippen LogP contribution in [0.2, 0.25) is 0 Å². The van der Waals surface area contributed by atoms with Crippen molar-refractivity contribution in [2.45, 2.75) is 30.3 Å². The first-order chi connectivity index (χ1) is 9.50. The topological polar surface area (TPSA) is 49.8 Å². The van der Waals surface area contributed by atoms with Gasteiger partial charge in [-0.25, -0.2) is 0 Å². The molecule has 0 bridgehead atoms. The molecule has 4 nitrogen and oxygen atoms in total. The van der Waals surface area contributed by atoms with Crippen molar-refractivity contribution in [3.63, 3.8) is 0 Å². The van der Waals surface area contributed by atoms with E-state index in [0.717, 1.165) is 10.6 Å². The highest BCUT2D eigenvalue weighted by molar-refractivity contribution is 8.00. The van der Waals surface area contributed by atoms with Gasteiger partial charge in [0.15, 0.2) is 0 Å². The van der Waals surface area contributed by atoms with Crippen molar-refractivity contribution in [3.8, 4) is 5.75 Å². The number of ether oxygens (including phenoxy) is 1. The number of amides is 1. The third-order valence-electron chi connectivity index (χ3n) is 3.62. The maximum Gasteiger partial charge on any atom is 0.232 e. The molecule has 0 atom stereocenters. The van der Waals surface area contributed by atoms with Gasteiger partial charge in [0.2, 0.25) is 5.91 Å². The Morgan fingerprint density at radius 1 is 1.35 bits per heavy atom. The van der Waals surface area contributed by atoms with Crippen molar-refractivity contribution in [2.75, 3.05) is 26.0 Å². The molecule has 2 rings (SSSR count). The number of carbonyl (C=O) groups excluding carboxylic acids is 1.